The molecule has 1 aromatic rings. The Morgan fingerprint density at radius 3 is 2.45 bits per heavy atom. The average molecular weight is 273 g/mol. The van der Waals surface area contributed by atoms with Crippen LogP contribution in [-0.2, 0) is 0 Å². The maximum Gasteiger partial charge on any atom is 0.123 e. The van der Waals surface area contributed by atoms with Gasteiger partial charge in [0.1, 0.15) is 5.82 Å². The summed E-state index contributed by atoms with van der Waals surface area (Å²) in [5, 5.41) is 0. The number of nitrogens with one attached hydrogen (secondary N) is 1. The van der Waals surface area contributed by atoms with E-state index >= 15 is 0 Å². The van der Waals surface area contributed by atoms with Gasteiger partial charge < -0.3 is 10.7 Å². The Morgan fingerprint density at radius 1 is 1.20 bits per heavy atom. The first-order valence-corrected chi connectivity index (χ1v) is 8.55. The van der Waals surface area contributed by atoms with Gasteiger partial charge in [0.25, 0.3) is 0 Å². The van der Waals surface area contributed by atoms with E-state index in [1.54, 1.807) is 0 Å². The van der Waals surface area contributed by atoms with E-state index in [0.29, 0.717) is 0 Å². The SMILES string of the molecule is CCCC(N)c1ncc(C2C3CC4CC(C3)CC2C4)[nH]1. The van der Waals surface area contributed by atoms with E-state index in [0.717, 1.165) is 48.3 Å². The predicted octanol–water partition coefficient (Wildman–Crippen LogP) is 3.75. The maximum absolute atomic E-state index is 6.20. The highest BCUT2D eigenvalue weighted by molar-refractivity contribution is 5.17. The Kier molecular flexibility index (Phi) is 3.13. The Bertz CT molecular complexity index is 450. The summed E-state index contributed by atoms with van der Waals surface area (Å²) in [6.07, 6.45) is 11.6. The van der Waals surface area contributed by atoms with Crippen molar-refractivity contribution in [3.05, 3.63) is 17.7 Å². The molecule has 20 heavy (non-hydrogen) atoms. The number of nitrogens with zero attached hydrogens (tertiary/aromatic N) is 1. The molecule has 0 saturated heterocycles. The quantitative estimate of drug-likeness (QED) is 0.877. The lowest BCUT2D eigenvalue weighted by Crippen LogP contribution is -2.43. The second kappa shape index (κ2) is 4.87. The molecular formula is C17H27N3. The summed E-state index contributed by atoms with van der Waals surface area (Å²) in [5.74, 6) is 5.68. The van der Waals surface area contributed by atoms with Crippen LogP contribution in [0.25, 0.3) is 0 Å². The molecule has 5 rings (SSSR count). The van der Waals surface area contributed by atoms with Crippen LogP contribution in [0.5, 0.6) is 0 Å². The lowest BCUT2D eigenvalue weighted by Gasteiger charge is -2.54. The van der Waals surface area contributed by atoms with E-state index < -0.39 is 0 Å². The minimum Gasteiger partial charge on any atom is -0.344 e. The molecule has 1 heterocycles. The van der Waals surface area contributed by atoms with Gasteiger partial charge in [0.05, 0.1) is 6.04 Å². The highest BCUT2D eigenvalue weighted by Crippen LogP contribution is 2.59. The van der Waals surface area contributed by atoms with E-state index in [9.17, 15) is 0 Å². The number of aromatic amines is 1. The fraction of sp³-hybridized carbons (Fsp3) is 0.824. The molecule has 1 unspecified atom stereocenters. The van der Waals surface area contributed by atoms with Gasteiger partial charge in [-0.3, -0.25) is 0 Å². The molecule has 1 aromatic heterocycles. The molecule has 110 valence electrons. The van der Waals surface area contributed by atoms with E-state index in [2.05, 4.69) is 23.1 Å². The number of H-pyrrole nitrogens is 1. The molecule has 3 nitrogen and oxygen atoms in total. The van der Waals surface area contributed by atoms with Gasteiger partial charge in [-0.1, -0.05) is 13.3 Å². The Morgan fingerprint density at radius 2 is 1.85 bits per heavy atom. The molecule has 0 aromatic carbocycles. The minimum atomic E-state index is 0.0885. The van der Waals surface area contributed by atoms with Crippen LogP contribution in [0.15, 0.2) is 6.20 Å². The molecule has 0 radical (unpaired) electrons. The fourth-order valence-corrected chi connectivity index (χ4v) is 5.59. The number of nitrogens with two attached hydrogens (primary N) is 1. The molecule has 4 fully saturated rings. The molecule has 0 spiro atoms. The lowest BCUT2D eigenvalue weighted by atomic mass is 9.51. The summed E-state index contributed by atoms with van der Waals surface area (Å²) in [6.45, 7) is 2.18. The van der Waals surface area contributed by atoms with E-state index in [-0.39, 0.29) is 6.04 Å². The number of aromatic nitrogens is 2. The molecule has 4 saturated carbocycles. The zero-order chi connectivity index (χ0) is 13.7. The van der Waals surface area contributed by atoms with Crippen molar-refractivity contribution in [3.63, 3.8) is 0 Å². The molecule has 4 aliphatic rings. The Balaban J connectivity index is 1.56. The monoisotopic (exact) mass is 273 g/mol. The summed E-state index contributed by atoms with van der Waals surface area (Å²) < 4.78 is 0. The van der Waals surface area contributed by atoms with Crippen LogP contribution >= 0.6 is 0 Å². The van der Waals surface area contributed by atoms with Crippen LogP contribution < -0.4 is 5.73 Å². The summed E-state index contributed by atoms with van der Waals surface area (Å²) in [4.78, 5) is 8.18. The smallest absolute Gasteiger partial charge is 0.123 e. The van der Waals surface area contributed by atoms with Gasteiger partial charge in [0.15, 0.2) is 0 Å². The van der Waals surface area contributed by atoms with Crippen LogP contribution in [0, 0.1) is 23.7 Å². The molecule has 0 amide bonds. The zero-order valence-corrected chi connectivity index (χ0v) is 12.5. The molecular weight excluding hydrogens is 246 g/mol. The van der Waals surface area contributed by atoms with E-state index in [1.807, 2.05) is 0 Å². The van der Waals surface area contributed by atoms with Crippen LogP contribution in [0.2, 0.25) is 0 Å². The molecule has 4 aliphatic carbocycles. The first-order valence-electron chi connectivity index (χ1n) is 8.55. The molecule has 3 N–H and O–H groups in total. The standard InChI is InChI=1S/C17H27N3/c1-2-3-14(18)17-19-9-15(20-17)16-12-5-10-4-11(7-12)8-13(16)6-10/h9-14,16H,2-8,18H2,1H3,(H,19,20). The third-order valence-corrected chi connectivity index (χ3v) is 6.15. The summed E-state index contributed by atoms with van der Waals surface area (Å²) in [7, 11) is 0. The third kappa shape index (κ3) is 2.02. The van der Waals surface area contributed by atoms with Gasteiger partial charge in [0.2, 0.25) is 0 Å². The van der Waals surface area contributed by atoms with Crippen LogP contribution in [0.4, 0.5) is 0 Å². The topological polar surface area (TPSA) is 54.7 Å². The highest BCUT2D eigenvalue weighted by atomic mass is 15.0. The van der Waals surface area contributed by atoms with Gasteiger partial charge in [-0.05, 0) is 62.2 Å². The normalized spacial score (nSPS) is 40.2. The summed E-state index contributed by atoms with van der Waals surface area (Å²) >= 11 is 0. The summed E-state index contributed by atoms with van der Waals surface area (Å²) in [6, 6.07) is 0.0885. The fourth-order valence-electron chi connectivity index (χ4n) is 5.59. The molecule has 1 atom stereocenters. The van der Waals surface area contributed by atoms with Gasteiger partial charge in [-0.2, -0.15) is 0 Å². The molecule has 0 aliphatic heterocycles. The van der Waals surface area contributed by atoms with Crippen molar-refractivity contribution in [1.82, 2.24) is 9.97 Å². The van der Waals surface area contributed by atoms with Gasteiger partial charge in [-0.25, -0.2) is 4.98 Å². The number of rotatable bonds is 4. The Hall–Kier alpha value is -0.830. The van der Waals surface area contributed by atoms with E-state index in [1.165, 1.54) is 37.8 Å². The summed E-state index contributed by atoms with van der Waals surface area (Å²) in [5.41, 5.74) is 7.59. The second-order valence-electron chi connectivity index (χ2n) is 7.58. The van der Waals surface area contributed by atoms with Gasteiger partial charge >= 0.3 is 0 Å². The molecule has 3 heteroatoms. The maximum atomic E-state index is 6.20. The number of hydrogen-bond acceptors (Lipinski definition) is 2. The van der Waals surface area contributed by atoms with Crippen LogP contribution in [-0.4, -0.2) is 9.97 Å². The lowest BCUT2D eigenvalue weighted by molar-refractivity contribution is -0.00406. The van der Waals surface area contributed by atoms with Crippen molar-refractivity contribution >= 4 is 0 Å². The van der Waals surface area contributed by atoms with Crippen molar-refractivity contribution in [2.24, 2.45) is 29.4 Å². The molecule has 4 bridgehead atoms. The van der Waals surface area contributed by atoms with Crippen molar-refractivity contribution in [2.75, 3.05) is 0 Å². The van der Waals surface area contributed by atoms with Crippen molar-refractivity contribution < 1.29 is 0 Å². The van der Waals surface area contributed by atoms with Crippen molar-refractivity contribution in [3.8, 4) is 0 Å². The minimum absolute atomic E-state index is 0.0885. The highest BCUT2D eigenvalue weighted by Gasteiger charge is 2.49. The first-order chi connectivity index (χ1) is 9.74. The zero-order valence-electron chi connectivity index (χ0n) is 12.5. The van der Waals surface area contributed by atoms with Gasteiger partial charge in [-0.15, -0.1) is 0 Å². The van der Waals surface area contributed by atoms with Crippen molar-refractivity contribution in [2.45, 2.75) is 63.8 Å². The average Bonchev–Trinajstić information content (AvgIpc) is 2.87. The predicted molar refractivity (Wildman–Crippen MR) is 80.2 cm³/mol. The number of imidazole rings is 1. The largest absolute Gasteiger partial charge is 0.344 e. The van der Waals surface area contributed by atoms with Crippen molar-refractivity contribution in [1.29, 1.82) is 0 Å². The van der Waals surface area contributed by atoms with E-state index in [4.69, 9.17) is 5.73 Å². The van der Waals surface area contributed by atoms with Crippen LogP contribution in [0.1, 0.15) is 75.3 Å². The number of hydrogen-bond donors (Lipinski definition) is 2. The Labute approximate surface area is 121 Å². The van der Waals surface area contributed by atoms with Crippen LogP contribution in [0.3, 0.4) is 0 Å². The second-order valence-corrected chi connectivity index (χ2v) is 7.58. The third-order valence-electron chi connectivity index (χ3n) is 6.15. The van der Waals surface area contributed by atoms with Gasteiger partial charge in [0, 0.05) is 17.8 Å². The first kappa shape index (κ1) is 12.9.